The van der Waals surface area contributed by atoms with Crippen molar-refractivity contribution in [2.24, 2.45) is 0 Å². The molecule has 4 heteroatoms. The lowest BCUT2D eigenvalue weighted by Crippen LogP contribution is -2.11. The van der Waals surface area contributed by atoms with E-state index in [0.717, 1.165) is 0 Å². The van der Waals surface area contributed by atoms with Crippen LogP contribution in [0.4, 0.5) is 0 Å². The molecule has 0 aliphatic heterocycles. The van der Waals surface area contributed by atoms with E-state index in [1.807, 2.05) is 18.2 Å². The summed E-state index contributed by atoms with van der Waals surface area (Å²) in [6.45, 7) is 0. The second kappa shape index (κ2) is 6.01. The van der Waals surface area contributed by atoms with Crippen LogP contribution in [0.3, 0.4) is 0 Å². The third kappa shape index (κ3) is 3.04. The summed E-state index contributed by atoms with van der Waals surface area (Å²) in [6.07, 6.45) is 0. The SMILES string of the molecule is N#CC(C(=O)c1ccc(Cl)c(Br)c1)c1ccccc1. The molecule has 1 unspecified atom stereocenters. The van der Waals surface area contributed by atoms with Gasteiger partial charge in [0.15, 0.2) is 5.78 Å². The quantitative estimate of drug-likeness (QED) is 0.770. The maximum Gasteiger partial charge on any atom is 0.184 e. The van der Waals surface area contributed by atoms with Crippen molar-refractivity contribution < 1.29 is 4.79 Å². The average molecular weight is 335 g/mol. The molecule has 0 amide bonds. The molecule has 0 aromatic heterocycles. The predicted octanol–water partition coefficient (Wildman–Crippen LogP) is 4.59. The molecular weight excluding hydrogens is 326 g/mol. The fourth-order valence-corrected chi connectivity index (χ4v) is 2.24. The van der Waals surface area contributed by atoms with E-state index < -0.39 is 5.92 Å². The van der Waals surface area contributed by atoms with E-state index in [1.165, 1.54) is 0 Å². The molecule has 0 aliphatic rings. The summed E-state index contributed by atoms with van der Waals surface area (Å²) in [6, 6.07) is 16.0. The van der Waals surface area contributed by atoms with Gasteiger partial charge in [-0.25, -0.2) is 0 Å². The highest BCUT2D eigenvalue weighted by Gasteiger charge is 2.21. The Bertz CT molecular complexity index is 649. The van der Waals surface area contributed by atoms with Crippen LogP contribution in [-0.4, -0.2) is 5.78 Å². The van der Waals surface area contributed by atoms with Crippen LogP contribution in [-0.2, 0) is 0 Å². The molecule has 0 fully saturated rings. The number of rotatable bonds is 3. The molecule has 2 rings (SSSR count). The van der Waals surface area contributed by atoms with Gasteiger partial charge in [0.25, 0.3) is 0 Å². The van der Waals surface area contributed by atoms with Crippen LogP contribution in [0.15, 0.2) is 53.0 Å². The van der Waals surface area contributed by atoms with Crippen molar-refractivity contribution in [3.05, 3.63) is 69.2 Å². The minimum atomic E-state index is -0.797. The van der Waals surface area contributed by atoms with Gasteiger partial charge in [-0.05, 0) is 39.7 Å². The van der Waals surface area contributed by atoms with E-state index in [4.69, 9.17) is 11.6 Å². The highest BCUT2D eigenvalue weighted by Crippen LogP contribution is 2.26. The Hall–Kier alpha value is -1.63. The van der Waals surface area contributed by atoms with Crippen LogP contribution >= 0.6 is 27.5 Å². The lowest BCUT2D eigenvalue weighted by molar-refractivity contribution is 0.0979. The Balaban J connectivity index is 2.37. The van der Waals surface area contributed by atoms with Gasteiger partial charge in [0.2, 0.25) is 0 Å². The van der Waals surface area contributed by atoms with E-state index >= 15 is 0 Å². The topological polar surface area (TPSA) is 40.9 Å². The van der Waals surface area contributed by atoms with Crippen LogP contribution in [0.1, 0.15) is 21.8 Å². The first kappa shape index (κ1) is 13.8. The minimum absolute atomic E-state index is 0.230. The van der Waals surface area contributed by atoms with Gasteiger partial charge in [0.1, 0.15) is 5.92 Å². The molecule has 94 valence electrons. The van der Waals surface area contributed by atoms with E-state index in [2.05, 4.69) is 22.0 Å². The summed E-state index contributed by atoms with van der Waals surface area (Å²) in [5.41, 5.74) is 1.16. The lowest BCUT2D eigenvalue weighted by atomic mass is 9.92. The number of ketones is 1. The van der Waals surface area contributed by atoms with Crippen molar-refractivity contribution in [1.29, 1.82) is 5.26 Å². The van der Waals surface area contributed by atoms with Crippen LogP contribution in [0.2, 0.25) is 5.02 Å². The van der Waals surface area contributed by atoms with Gasteiger partial charge in [0, 0.05) is 10.0 Å². The van der Waals surface area contributed by atoms with Gasteiger partial charge in [0.05, 0.1) is 11.1 Å². The Morgan fingerprint density at radius 2 is 1.89 bits per heavy atom. The van der Waals surface area contributed by atoms with Gasteiger partial charge < -0.3 is 0 Å². The molecule has 0 N–H and O–H groups in total. The monoisotopic (exact) mass is 333 g/mol. The van der Waals surface area contributed by atoms with Gasteiger partial charge >= 0.3 is 0 Å². The highest BCUT2D eigenvalue weighted by atomic mass is 79.9. The van der Waals surface area contributed by atoms with Crippen LogP contribution in [0.25, 0.3) is 0 Å². The molecule has 0 bridgehead atoms. The van der Waals surface area contributed by atoms with Crippen molar-refractivity contribution >= 4 is 33.3 Å². The largest absolute Gasteiger partial charge is 0.292 e. The second-order valence-electron chi connectivity index (χ2n) is 3.97. The number of benzene rings is 2. The van der Waals surface area contributed by atoms with E-state index in [1.54, 1.807) is 30.3 Å². The number of nitriles is 1. The van der Waals surface area contributed by atoms with E-state index in [0.29, 0.717) is 20.6 Å². The first-order valence-corrected chi connectivity index (χ1v) is 6.74. The molecule has 0 saturated heterocycles. The van der Waals surface area contributed by atoms with Crippen molar-refractivity contribution in [1.82, 2.24) is 0 Å². The van der Waals surface area contributed by atoms with Crippen molar-refractivity contribution in [3.63, 3.8) is 0 Å². The lowest BCUT2D eigenvalue weighted by Gasteiger charge is -2.09. The van der Waals surface area contributed by atoms with Crippen LogP contribution in [0, 0.1) is 11.3 Å². The smallest absolute Gasteiger partial charge is 0.184 e. The normalized spacial score (nSPS) is 11.6. The van der Waals surface area contributed by atoms with Gasteiger partial charge in [-0.1, -0.05) is 41.9 Å². The number of carbonyl (C=O) groups excluding carboxylic acids is 1. The number of hydrogen-bond acceptors (Lipinski definition) is 2. The fraction of sp³-hybridized carbons (Fsp3) is 0.0667. The summed E-state index contributed by atoms with van der Waals surface area (Å²) in [5.74, 6) is -1.03. The average Bonchev–Trinajstić information content (AvgIpc) is 2.44. The minimum Gasteiger partial charge on any atom is -0.292 e. The number of carbonyl (C=O) groups is 1. The summed E-state index contributed by atoms with van der Waals surface area (Å²) >= 11 is 9.17. The third-order valence-corrected chi connectivity index (χ3v) is 3.94. The fourth-order valence-electron chi connectivity index (χ4n) is 1.75. The van der Waals surface area contributed by atoms with Gasteiger partial charge in [-0.2, -0.15) is 5.26 Å². The molecular formula is C15H9BrClNO. The summed E-state index contributed by atoms with van der Waals surface area (Å²) in [7, 11) is 0. The second-order valence-corrected chi connectivity index (χ2v) is 5.23. The van der Waals surface area contributed by atoms with Crippen molar-refractivity contribution in [2.75, 3.05) is 0 Å². The van der Waals surface area contributed by atoms with Crippen LogP contribution < -0.4 is 0 Å². The zero-order valence-corrected chi connectivity index (χ0v) is 12.1. The Morgan fingerprint density at radius 3 is 2.47 bits per heavy atom. The number of Topliss-reactive ketones (excluding diaryl/α,β-unsaturated/α-hetero) is 1. The summed E-state index contributed by atoms with van der Waals surface area (Å²) in [4.78, 5) is 12.4. The van der Waals surface area contributed by atoms with E-state index in [9.17, 15) is 10.1 Å². The molecule has 0 saturated carbocycles. The molecule has 0 spiro atoms. The number of hydrogen-bond donors (Lipinski definition) is 0. The van der Waals surface area contributed by atoms with Crippen molar-refractivity contribution in [3.8, 4) is 6.07 Å². The Labute approximate surface area is 124 Å². The summed E-state index contributed by atoms with van der Waals surface area (Å²) in [5, 5.41) is 9.76. The first-order valence-electron chi connectivity index (χ1n) is 5.57. The molecule has 0 aliphatic carbocycles. The number of nitrogens with zero attached hydrogens (tertiary/aromatic N) is 1. The third-order valence-electron chi connectivity index (χ3n) is 2.73. The van der Waals surface area contributed by atoms with E-state index in [-0.39, 0.29) is 5.78 Å². The zero-order chi connectivity index (χ0) is 13.8. The predicted molar refractivity (Wildman–Crippen MR) is 78.3 cm³/mol. The highest BCUT2D eigenvalue weighted by molar-refractivity contribution is 9.10. The maximum absolute atomic E-state index is 12.4. The molecule has 1 atom stereocenters. The maximum atomic E-state index is 12.4. The van der Waals surface area contributed by atoms with Crippen molar-refractivity contribution in [2.45, 2.75) is 5.92 Å². The number of halogens is 2. The van der Waals surface area contributed by atoms with Crippen LogP contribution in [0.5, 0.6) is 0 Å². The molecule has 0 radical (unpaired) electrons. The standard InChI is InChI=1S/C15H9BrClNO/c16-13-8-11(6-7-14(13)17)15(19)12(9-18)10-4-2-1-3-5-10/h1-8,12H. The first-order chi connectivity index (χ1) is 9.13. The molecule has 19 heavy (non-hydrogen) atoms. The zero-order valence-electron chi connectivity index (χ0n) is 9.81. The molecule has 2 aromatic carbocycles. The molecule has 0 heterocycles. The van der Waals surface area contributed by atoms with Gasteiger partial charge in [-0.3, -0.25) is 4.79 Å². The Kier molecular flexibility index (Phi) is 4.36. The molecule has 2 nitrogen and oxygen atoms in total. The molecule has 2 aromatic rings. The summed E-state index contributed by atoms with van der Waals surface area (Å²) < 4.78 is 0.643. The Morgan fingerprint density at radius 1 is 1.21 bits per heavy atom. The van der Waals surface area contributed by atoms with Gasteiger partial charge in [-0.15, -0.1) is 0 Å².